The van der Waals surface area contributed by atoms with Crippen LogP contribution in [-0.2, 0) is 14.8 Å². The molecular weight excluding hydrogens is 350 g/mol. The van der Waals surface area contributed by atoms with E-state index in [1.165, 1.54) is 4.31 Å². The van der Waals surface area contributed by atoms with Gasteiger partial charge in [0.25, 0.3) is 5.91 Å². The van der Waals surface area contributed by atoms with Gasteiger partial charge in [-0.2, -0.15) is 4.31 Å². The zero-order valence-electron chi connectivity index (χ0n) is 15.5. The van der Waals surface area contributed by atoms with Crippen molar-refractivity contribution in [2.45, 2.75) is 31.1 Å². The second-order valence-corrected chi connectivity index (χ2v) is 8.63. The molecule has 1 aliphatic heterocycles. The van der Waals surface area contributed by atoms with Crippen molar-refractivity contribution in [3.63, 3.8) is 0 Å². The Kier molecular flexibility index (Phi) is 7.21. The van der Waals surface area contributed by atoms with Crippen molar-refractivity contribution in [2.75, 3.05) is 39.3 Å². The van der Waals surface area contributed by atoms with E-state index in [9.17, 15) is 13.2 Å². The highest BCUT2D eigenvalue weighted by molar-refractivity contribution is 7.89. The molecule has 0 bridgehead atoms. The molecule has 26 heavy (non-hydrogen) atoms. The standard InChI is InChI=1S/C19H27N3O3S/c1-4-10-20-19(23)15-21-11-13-22(14-12-21)26(24,25)18-8-6-17(7-9-18)16(3)5-2/h1,6-9,16H,5,10-15H2,2-3H3,(H,20,23)/p+1/t16-/m1/s1. The first-order chi connectivity index (χ1) is 12.4. The second-order valence-electron chi connectivity index (χ2n) is 6.69. The number of amides is 1. The number of benzene rings is 1. The number of terminal acetylenes is 1. The first-order valence-electron chi connectivity index (χ1n) is 9.02. The minimum Gasteiger partial charge on any atom is -0.340 e. The molecular formula is C19H28N3O3S+. The van der Waals surface area contributed by atoms with Crippen LogP contribution >= 0.6 is 0 Å². The number of hydrogen-bond donors (Lipinski definition) is 2. The average molecular weight is 379 g/mol. The molecule has 0 saturated carbocycles. The summed E-state index contributed by atoms with van der Waals surface area (Å²) in [6.07, 6.45) is 6.14. The summed E-state index contributed by atoms with van der Waals surface area (Å²) in [6, 6.07) is 7.20. The molecule has 7 heteroatoms. The SMILES string of the molecule is C#CCNC(=O)C[NH+]1CCN(S(=O)(=O)c2ccc([C@H](C)CC)cc2)CC1. The van der Waals surface area contributed by atoms with Gasteiger partial charge in [-0.05, 0) is 30.0 Å². The molecule has 0 spiro atoms. The molecule has 0 radical (unpaired) electrons. The van der Waals surface area contributed by atoms with Crippen molar-refractivity contribution in [1.82, 2.24) is 9.62 Å². The minimum absolute atomic E-state index is 0.102. The number of nitrogens with zero attached hydrogens (tertiary/aromatic N) is 1. The number of sulfonamides is 1. The normalized spacial score (nSPS) is 17.4. The molecule has 1 aromatic rings. The van der Waals surface area contributed by atoms with Crippen LogP contribution in [0.5, 0.6) is 0 Å². The molecule has 1 aliphatic rings. The van der Waals surface area contributed by atoms with E-state index in [4.69, 9.17) is 6.42 Å². The molecule has 1 heterocycles. The lowest BCUT2D eigenvalue weighted by Crippen LogP contribution is -3.15. The average Bonchev–Trinajstić information content (AvgIpc) is 2.66. The summed E-state index contributed by atoms with van der Waals surface area (Å²) in [4.78, 5) is 13.1. The molecule has 0 unspecified atom stereocenters. The van der Waals surface area contributed by atoms with Gasteiger partial charge in [-0.1, -0.05) is 31.9 Å². The molecule has 6 nitrogen and oxygen atoms in total. The van der Waals surface area contributed by atoms with E-state index in [1.54, 1.807) is 12.1 Å². The molecule has 1 fully saturated rings. The lowest BCUT2D eigenvalue weighted by atomic mass is 9.99. The maximum atomic E-state index is 12.8. The van der Waals surface area contributed by atoms with Gasteiger partial charge in [-0.25, -0.2) is 8.42 Å². The first-order valence-corrected chi connectivity index (χ1v) is 10.5. The monoisotopic (exact) mass is 378 g/mol. The second kappa shape index (κ2) is 9.17. The summed E-state index contributed by atoms with van der Waals surface area (Å²) in [6.45, 7) is 6.81. The van der Waals surface area contributed by atoms with Crippen molar-refractivity contribution < 1.29 is 18.1 Å². The minimum atomic E-state index is -3.48. The fourth-order valence-corrected chi connectivity index (χ4v) is 4.45. The Morgan fingerprint density at radius 3 is 2.46 bits per heavy atom. The number of piperazine rings is 1. The van der Waals surface area contributed by atoms with E-state index in [0.29, 0.717) is 43.5 Å². The van der Waals surface area contributed by atoms with Gasteiger partial charge in [-0.3, -0.25) is 4.79 Å². The summed E-state index contributed by atoms with van der Waals surface area (Å²) < 4.78 is 27.2. The summed E-state index contributed by atoms with van der Waals surface area (Å²) in [5.41, 5.74) is 1.15. The maximum Gasteiger partial charge on any atom is 0.275 e. The zero-order valence-corrected chi connectivity index (χ0v) is 16.3. The Labute approximate surface area is 156 Å². The first kappa shape index (κ1) is 20.4. The van der Waals surface area contributed by atoms with E-state index >= 15 is 0 Å². The number of carbonyl (C=O) groups excluding carboxylic acids is 1. The molecule has 0 aromatic heterocycles. The third-order valence-electron chi connectivity index (χ3n) is 4.93. The van der Waals surface area contributed by atoms with E-state index in [-0.39, 0.29) is 12.5 Å². The van der Waals surface area contributed by atoms with Crippen LogP contribution in [0.25, 0.3) is 0 Å². The van der Waals surface area contributed by atoms with E-state index < -0.39 is 10.0 Å². The van der Waals surface area contributed by atoms with Crippen molar-refractivity contribution in [2.24, 2.45) is 0 Å². The van der Waals surface area contributed by atoms with Crippen molar-refractivity contribution in [3.05, 3.63) is 29.8 Å². The van der Waals surface area contributed by atoms with Gasteiger partial charge in [-0.15, -0.1) is 6.42 Å². The van der Waals surface area contributed by atoms with Gasteiger partial charge in [0, 0.05) is 0 Å². The molecule has 2 N–H and O–H groups in total. The summed E-state index contributed by atoms with van der Waals surface area (Å²) >= 11 is 0. The molecule has 1 atom stereocenters. The quantitative estimate of drug-likeness (QED) is 0.648. The largest absolute Gasteiger partial charge is 0.340 e. The predicted molar refractivity (Wildman–Crippen MR) is 101 cm³/mol. The van der Waals surface area contributed by atoms with Gasteiger partial charge < -0.3 is 10.2 Å². The van der Waals surface area contributed by atoms with Crippen LogP contribution in [0.2, 0.25) is 0 Å². The van der Waals surface area contributed by atoms with Crippen molar-refractivity contribution in [3.8, 4) is 12.3 Å². The topological polar surface area (TPSA) is 70.9 Å². The van der Waals surface area contributed by atoms with Gasteiger partial charge in [0.15, 0.2) is 6.54 Å². The van der Waals surface area contributed by atoms with E-state index in [1.807, 2.05) is 12.1 Å². The van der Waals surface area contributed by atoms with Gasteiger partial charge in [0.05, 0.1) is 37.6 Å². The Balaban J connectivity index is 1.95. The summed E-state index contributed by atoms with van der Waals surface area (Å²) in [5, 5.41) is 2.64. The third kappa shape index (κ3) is 5.07. The fourth-order valence-electron chi connectivity index (χ4n) is 3.01. The molecule has 1 amide bonds. The van der Waals surface area contributed by atoms with Gasteiger partial charge in [0.1, 0.15) is 0 Å². The number of hydrogen-bond acceptors (Lipinski definition) is 3. The van der Waals surface area contributed by atoms with Crippen LogP contribution in [0, 0.1) is 12.3 Å². The van der Waals surface area contributed by atoms with Crippen LogP contribution in [0.1, 0.15) is 31.7 Å². The number of nitrogens with one attached hydrogen (secondary N) is 2. The number of carbonyl (C=O) groups is 1. The molecule has 2 rings (SSSR count). The highest BCUT2D eigenvalue weighted by Crippen LogP contribution is 2.22. The molecule has 142 valence electrons. The smallest absolute Gasteiger partial charge is 0.275 e. The van der Waals surface area contributed by atoms with E-state index in [0.717, 1.165) is 16.9 Å². The lowest BCUT2D eigenvalue weighted by Gasteiger charge is -2.31. The predicted octanol–water partition coefficient (Wildman–Crippen LogP) is -0.161. The maximum absolute atomic E-state index is 12.8. The van der Waals surface area contributed by atoms with Gasteiger partial charge >= 0.3 is 0 Å². The molecule has 0 aliphatic carbocycles. The fraction of sp³-hybridized carbons (Fsp3) is 0.526. The highest BCUT2D eigenvalue weighted by atomic mass is 32.2. The lowest BCUT2D eigenvalue weighted by molar-refractivity contribution is -0.895. The Bertz CT molecular complexity index is 745. The Morgan fingerprint density at radius 1 is 1.31 bits per heavy atom. The molecule has 1 aromatic carbocycles. The van der Waals surface area contributed by atoms with Crippen molar-refractivity contribution >= 4 is 15.9 Å². The zero-order chi connectivity index (χ0) is 19.2. The Hall–Kier alpha value is -1.88. The van der Waals surface area contributed by atoms with Gasteiger partial charge in [0.2, 0.25) is 10.0 Å². The van der Waals surface area contributed by atoms with Crippen LogP contribution in [0.3, 0.4) is 0 Å². The van der Waals surface area contributed by atoms with Crippen LogP contribution in [0.4, 0.5) is 0 Å². The Morgan fingerprint density at radius 2 is 1.92 bits per heavy atom. The van der Waals surface area contributed by atoms with Crippen LogP contribution < -0.4 is 10.2 Å². The van der Waals surface area contributed by atoms with Crippen LogP contribution in [0.15, 0.2) is 29.2 Å². The molecule has 1 saturated heterocycles. The van der Waals surface area contributed by atoms with Crippen LogP contribution in [-0.4, -0.2) is 57.9 Å². The van der Waals surface area contributed by atoms with E-state index in [2.05, 4.69) is 25.1 Å². The van der Waals surface area contributed by atoms with Crippen molar-refractivity contribution in [1.29, 1.82) is 0 Å². The highest BCUT2D eigenvalue weighted by Gasteiger charge is 2.31. The summed E-state index contributed by atoms with van der Waals surface area (Å²) in [5.74, 6) is 2.68. The number of rotatable bonds is 7. The summed E-state index contributed by atoms with van der Waals surface area (Å²) in [7, 11) is -3.48. The number of quaternary nitrogens is 1. The third-order valence-corrected chi connectivity index (χ3v) is 6.84.